The monoisotopic (exact) mass is 312 g/mol. The van der Waals surface area contributed by atoms with Crippen LogP contribution in [-0.4, -0.2) is 73.2 Å². The number of carbonyl (C=O) groups is 2. The first kappa shape index (κ1) is 22.4. The molecule has 0 saturated heterocycles. The van der Waals surface area contributed by atoms with Crippen LogP contribution in [-0.2, 0) is 0 Å². The lowest BCUT2D eigenvalue weighted by Gasteiger charge is -2.00. The van der Waals surface area contributed by atoms with Gasteiger partial charge in [0.25, 0.3) is 0 Å². The van der Waals surface area contributed by atoms with E-state index in [2.05, 4.69) is 51.8 Å². The van der Waals surface area contributed by atoms with Crippen LogP contribution in [0.15, 0.2) is 24.3 Å². The first-order valence-corrected chi connectivity index (χ1v) is 7.02. The molecule has 6 nitrogen and oxygen atoms in total. The minimum atomic E-state index is -1.23. The average Bonchev–Trinajstić information content (AvgIpc) is 2.48. The Morgan fingerprint density at radius 3 is 1.18 bits per heavy atom. The van der Waals surface area contributed by atoms with Gasteiger partial charge in [-0.05, 0) is 53.4 Å². The van der Waals surface area contributed by atoms with Crippen molar-refractivity contribution in [2.75, 3.05) is 41.3 Å². The second-order valence-electron chi connectivity index (χ2n) is 4.95. The standard InChI is InChI=1S/C8H6O4.2C4H11N/c9-7(10)5-3-1-2-4-6(5)8(11)12;2*1-4-5(2)3/h1-4H,(H,9,10)(H,11,12);2*4H2,1-3H3. The number of nitrogens with zero attached hydrogens (tertiary/aromatic N) is 2. The molecule has 0 amide bonds. The summed E-state index contributed by atoms with van der Waals surface area (Å²) in [6.45, 7) is 6.53. The molecule has 0 fully saturated rings. The van der Waals surface area contributed by atoms with Crippen LogP contribution in [0.4, 0.5) is 0 Å². The molecule has 0 aromatic heterocycles. The van der Waals surface area contributed by atoms with E-state index >= 15 is 0 Å². The SMILES string of the molecule is CCN(C)C.CCN(C)C.O=C(O)c1ccccc1C(=O)O. The van der Waals surface area contributed by atoms with Gasteiger partial charge in [-0.15, -0.1) is 0 Å². The maximum absolute atomic E-state index is 10.5. The minimum Gasteiger partial charge on any atom is -0.478 e. The summed E-state index contributed by atoms with van der Waals surface area (Å²) in [6.07, 6.45) is 0. The Bertz CT molecular complexity index is 405. The third kappa shape index (κ3) is 11.9. The molecule has 22 heavy (non-hydrogen) atoms. The number of hydrogen-bond donors (Lipinski definition) is 2. The molecular formula is C16H28N2O4. The normalized spacial score (nSPS) is 9.45. The first-order chi connectivity index (χ1) is 10.2. The predicted octanol–water partition coefficient (Wildman–Crippen LogP) is 2.22. The van der Waals surface area contributed by atoms with Crippen LogP contribution in [0, 0.1) is 0 Å². The largest absolute Gasteiger partial charge is 0.478 e. The van der Waals surface area contributed by atoms with Crippen molar-refractivity contribution in [3.63, 3.8) is 0 Å². The Morgan fingerprint density at radius 2 is 1.05 bits per heavy atom. The second kappa shape index (κ2) is 12.8. The lowest BCUT2D eigenvalue weighted by Crippen LogP contribution is -2.08. The second-order valence-corrected chi connectivity index (χ2v) is 4.95. The van der Waals surface area contributed by atoms with Crippen LogP contribution in [0.2, 0.25) is 0 Å². The topological polar surface area (TPSA) is 81.1 Å². The molecule has 0 saturated carbocycles. The van der Waals surface area contributed by atoms with Gasteiger partial charge >= 0.3 is 11.9 Å². The highest BCUT2D eigenvalue weighted by molar-refractivity contribution is 6.01. The highest BCUT2D eigenvalue weighted by Gasteiger charge is 2.13. The fourth-order valence-corrected chi connectivity index (χ4v) is 0.856. The van der Waals surface area contributed by atoms with Crippen LogP contribution in [0.5, 0.6) is 0 Å². The van der Waals surface area contributed by atoms with Gasteiger partial charge in [0.2, 0.25) is 0 Å². The number of carboxylic acids is 2. The van der Waals surface area contributed by atoms with Crippen LogP contribution in [0.25, 0.3) is 0 Å². The zero-order chi connectivity index (χ0) is 17.7. The summed E-state index contributed by atoms with van der Waals surface area (Å²) < 4.78 is 0. The molecule has 0 heterocycles. The van der Waals surface area contributed by atoms with Crippen molar-refractivity contribution in [1.29, 1.82) is 0 Å². The van der Waals surface area contributed by atoms with Gasteiger partial charge in [0.05, 0.1) is 11.1 Å². The van der Waals surface area contributed by atoms with Gasteiger partial charge in [0.1, 0.15) is 0 Å². The molecule has 0 unspecified atom stereocenters. The highest BCUT2D eigenvalue weighted by Crippen LogP contribution is 2.07. The zero-order valence-electron chi connectivity index (χ0n) is 14.3. The number of benzene rings is 1. The van der Waals surface area contributed by atoms with Crippen molar-refractivity contribution < 1.29 is 19.8 Å². The molecule has 0 bridgehead atoms. The van der Waals surface area contributed by atoms with E-state index in [-0.39, 0.29) is 11.1 Å². The summed E-state index contributed by atoms with van der Waals surface area (Å²) in [5.74, 6) is -2.46. The van der Waals surface area contributed by atoms with Crippen molar-refractivity contribution in [2.45, 2.75) is 13.8 Å². The van der Waals surface area contributed by atoms with Gasteiger partial charge in [-0.3, -0.25) is 0 Å². The van der Waals surface area contributed by atoms with E-state index in [1.165, 1.54) is 24.3 Å². The molecule has 0 spiro atoms. The van der Waals surface area contributed by atoms with Crippen molar-refractivity contribution >= 4 is 11.9 Å². The number of rotatable bonds is 4. The molecule has 6 heteroatoms. The van der Waals surface area contributed by atoms with E-state index in [0.29, 0.717) is 0 Å². The number of aromatic carboxylic acids is 2. The van der Waals surface area contributed by atoms with Crippen LogP contribution in [0.1, 0.15) is 34.6 Å². The Balaban J connectivity index is 0. The number of hydrogen-bond acceptors (Lipinski definition) is 4. The van der Waals surface area contributed by atoms with Gasteiger partial charge in [0, 0.05) is 0 Å². The van der Waals surface area contributed by atoms with Crippen molar-refractivity contribution in [1.82, 2.24) is 9.80 Å². The summed E-state index contributed by atoms with van der Waals surface area (Å²) in [7, 11) is 8.22. The van der Waals surface area contributed by atoms with Crippen molar-refractivity contribution in [3.8, 4) is 0 Å². The molecule has 0 atom stereocenters. The van der Waals surface area contributed by atoms with E-state index in [1.54, 1.807) is 0 Å². The molecular weight excluding hydrogens is 284 g/mol. The predicted molar refractivity (Wildman–Crippen MR) is 88.8 cm³/mol. The zero-order valence-corrected chi connectivity index (χ0v) is 14.3. The molecule has 0 radical (unpaired) electrons. The first-order valence-electron chi connectivity index (χ1n) is 7.02. The molecule has 1 rings (SSSR count). The van der Waals surface area contributed by atoms with E-state index in [9.17, 15) is 9.59 Å². The van der Waals surface area contributed by atoms with E-state index in [0.717, 1.165) is 13.1 Å². The summed E-state index contributed by atoms with van der Waals surface area (Å²) >= 11 is 0. The average molecular weight is 312 g/mol. The van der Waals surface area contributed by atoms with Gasteiger partial charge in [-0.25, -0.2) is 9.59 Å². The fourth-order valence-electron chi connectivity index (χ4n) is 0.856. The summed E-state index contributed by atoms with van der Waals surface area (Å²) in [4.78, 5) is 25.2. The van der Waals surface area contributed by atoms with Crippen LogP contribution in [0.3, 0.4) is 0 Å². The highest BCUT2D eigenvalue weighted by atomic mass is 16.4. The Kier molecular flexibility index (Phi) is 13.0. The molecule has 126 valence electrons. The van der Waals surface area contributed by atoms with Crippen molar-refractivity contribution in [2.24, 2.45) is 0 Å². The van der Waals surface area contributed by atoms with Crippen molar-refractivity contribution in [3.05, 3.63) is 35.4 Å². The fraction of sp³-hybridized carbons (Fsp3) is 0.500. The summed E-state index contributed by atoms with van der Waals surface area (Å²) in [5, 5.41) is 17.1. The van der Waals surface area contributed by atoms with Crippen LogP contribution < -0.4 is 0 Å². The van der Waals surface area contributed by atoms with E-state index in [1.807, 2.05) is 0 Å². The molecule has 2 N–H and O–H groups in total. The maximum Gasteiger partial charge on any atom is 0.336 e. The molecule has 1 aromatic carbocycles. The van der Waals surface area contributed by atoms with Gasteiger partial charge in [-0.1, -0.05) is 26.0 Å². The van der Waals surface area contributed by atoms with Crippen LogP contribution >= 0.6 is 0 Å². The molecule has 0 aliphatic carbocycles. The third-order valence-corrected chi connectivity index (χ3v) is 2.65. The lowest BCUT2D eigenvalue weighted by molar-refractivity contribution is 0.0651. The maximum atomic E-state index is 10.5. The number of carboxylic acid groups (broad SMARTS) is 2. The quantitative estimate of drug-likeness (QED) is 0.887. The smallest absolute Gasteiger partial charge is 0.336 e. The molecule has 0 aliphatic rings. The van der Waals surface area contributed by atoms with Gasteiger partial charge in [0.15, 0.2) is 0 Å². The summed E-state index contributed by atoms with van der Waals surface area (Å²) in [6, 6.07) is 5.48. The van der Waals surface area contributed by atoms with Gasteiger partial charge in [-0.2, -0.15) is 0 Å². The Hall–Kier alpha value is -1.92. The third-order valence-electron chi connectivity index (χ3n) is 2.65. The summed E-state index contributed by atoms with van der Waals surface area (Å²) in [5.41, 5.74) is -0.380. The molecule has 0 aliphatic heterocycles. The van der Waals surface area contributed by atoms with E-state index < -0.39 is 11.9 Å². The Morgan fingerprint density at radius 1 is 0.818 bits per heavy atom. The minimum absolute atomic E-state index is 0.190. The van der Waals surface area contributed by atoms with E-state index in [4.69, 9.17) is 10.2 Å². The lowest BCUT2D eigenvalue weighted by atomic mass is 10.1. The molecule has 1 aromatic rings. The Labute approximate surface area is 133 Å². The van der Waals surface area contributed by atoms with Gasteiger partial charge < -0.3 is 20.0 Å².